The summed E-state index contributed by atoms with van der Waals surface area (Å²) < 4.78 is 52.3. The van der Waals surface area contributed by atoms with Gasteiger partial charge < -0.3 is 24.3 Å². The number of aromatic nitrogens is 2. The van der Waals surface area contributed by atoms with Crippen LogP contribution in [0.2, 0.25) is 0 Å². The van der Waals surface area contributed by atoms with Crippen molar-refractivity contribution < 1.29 is 32.5 Å². The molecule has 0 spiro atoms. The summed E-state index contributed by atoms with van der Waals surface area (Å²) in [6.07, 6.45) is 2.94. The number of rotatable bonds is 6. The number of methoxy groups -OCH3 is 1. The Hall–Kier alpha value is -5.45. The van der Waals surface area contributed by atoms with Crippen LogP contribution in [0.1, 0.15) is 10.4 Å². The third kappa shape index (κ3) is 4.89. The number of benzene rings is 3. The highest BCUT2D eigenvalue weighted by atomic mass is 19.1. The fraction of sp³-hybridized carbons (Fsp3) is 0.100. The third-order valence-corrected chi connectivity index (χ3v) is 6.39. The Kier molecular flexibility index (Phi) is 6.68. The minimum atomic E-state index is -0.819. The van der Waals surface area contributed by atoms with Crippen LogP contribution in [-0.2, 0) is 0 Å². The Balaban J connectivity index is 1.28. The molecule has 206 valence electrons. The van der Waals surface area contributed by atoms with E-state index in [0.717, 1.165) is 6.07 Å². The van der Waals surface area contributed by atoms with E-state index in [4.69, 9.17) is 18.9 Å². The third-order valence-electron chi connectivity index (χ3n) is 6.39. The Morgan fingerprint density at radius 3 is 2.54 bits per heavy atom. The van der Waals surface area contributed by atoms with Crippen LogP contribution >= 0.6 is 0 Å². The van der Waals surface area contributed by atoms with Gasteiger partial charge >= 0.3 is 0 Å². The fourth-order valence-corrected chi connectivity index (χ4v) is 4.48. The molecule has 1 amide bonds. The second-order valence-electron chi connectivity index (χ2n) is 8.91. The number of hydrogen-bond acceptors (Lipinski definition) is 7. The Morgan fingerprint density at radius 1 is 0.951 bits per heavy atom. The summed E-state index contributed by atoms with van der Waals surface area (Å²) in [5, 5.41) is 3.07. The number of fused-ring (bicyclic) bond motifs is 3. The highest BCUT2D eigenvalue weighted by Gasteiger charge is 2.22. The molecule has 0 unspecified atom stereocenters. The minimum absolute atomic E-state index is 0.0189. The molecule has 3 heterocycles. The van der Waals surface area contributed by atoms with Gasteiger partial charge in [0, 0.05) is 29.8 Å². The summed E-state index contributed by atoms with van der Waals surface area (Å²) in [5.41, 5.74) is -0.00266. The first-order valence-electron chi connectivity index (χ1n) is 12.4. The number of amides is 1. The zero-order chi connectivity index (χ0) is 28.5. The van der Waals surface area contributed by atoms with Crippen LogP contribution in [0.5, 0.6) is 28.7 Å². The first-order valence-corrected chi connectivity index (χ1v) is 12.4. The fourth-order valence-electron chi connectivity index (χ4n) is 4.48. The average molecular weight is 558 g/mol. The van der Waals surface area contributed by atoms with Crippen LogP contribution in [0.15, 0.2) is 83.9 Å². The van der Waals surface area contributed by atoms with Crippen molar-refractivity contribution in [2.24, 2.45) is 0 Å². The van der Waals surface area contributed by atoms with Gasteiger partial charge in [0.15, 0.2) is 23.1 Å². The molecule has 6 rings (SSSR count). The molecule has 3 aromatic carbocycles. The first kappa shape index (κ1) is 25.8. The lowest BCUT2D eigenvalue weighted by Crippen LogP contribution is -2.29. The second kappa shape index (κ2) is 10.6. The van der Waals surface area contributed by atoms with Crippen molar-refractivity contribution in [1.82, 2.24) is 9.55 Å². The maximum atomic E-state index is 15.2. The van der Waals surface area contributed by atoms with Gasteiger partial charge in [0.05, 0.1) is 18.0 Å². The number of nitrogens with one attached hydrogen (secondary N) is 1. The van der Waals surface area contributed by atoms with Crippen molar-refractivity contribution in [3.05, 3.63) is 107 Å². The second-order valence-corrected chi connectivity index (χ2v) is 8.91. The van der Waals surface area contributed by atoms with E-state index in [-0.39, 0.29) is 22.7 Å². The van der Waals surface area contributed by atoms with E-state index in [1.165, 1.54) is 66.5 Å². The van der Waals surface area contributed by atoms with E-state index >= 15 is 4.39 Å². The molecule has 0 aliphatic carbocycles. The lowest BCUT2D eigenvalue weighted by molar-refractivity contribution is 0.102. The van der Waals surface area contributed by atoms with Crippen molar-refractivity contribution >= 4 is 22.5 Å². The van der Waals surface area contributed by atoms with Crippen molar-refractivity contribution in [3.8, 4) is 34.4 Å². The number of hydrogen-bond donors (Lipinski definition) is 1. The molecular formula is C30H21F2N3O6. The molecule has 2 aromatic heterocycles. The molecule has 0 radical (unpaired) electrons. The molecule has 9 nitrogen and oxygen atoms in total. The average Bonchev–Trinajstić information content (AvgIpc) is 2.98. The molecule has 0 atom stereocenters. The molecule has 1 aliphatic rings. The van der Waals surface area contributed by atoms with Crippen molar-refractivity contribution in [2.45, 2.75) is 0 Å². The number of ether oxygens (including phenoxy) is 4. The molecule has 11 heteroatoms. The zero-order valence-electron chi connectivity index (χ0n) is 21.5. The summed E-state index contributed by atoms with van der Waals surface area (Å²) in [7, 11) is 1.32. The molecule has 1 aliphatic heterocycles. The molecule has 0 saturated carbocycles. The maximum absolute atomic E-state index is 15.2. The number of nitrogens with zero attached hydrogens (tertiary/aromatic N) is 2. The summed E-state index contributed by atoms with van der Waals surface area (Å²) in [6.45, 7) is 0.760. The molecule has 0 bridgehead atoms. The van der Waals surface area contributed by atoms with Gasteiger partial charge in [0.1, 0.15) is 36.1 Å². The van der Waals surface area contributed by atoms with E-state index in [0.29, 0.717) is 47.1 Å². The van der Waals surface area contributed by atoms with Crippen LogP contribution in [0.4, 0.5) is 14.5 Å². The van der Waals surface area contributed by atoms with Gasteiger partial charge in [-0.3, -0.25) is 19.1 Å². The van der Waals surface area contributed by atoms with Gasteiger partial charge in [-0.15, -0.1) is 0 Å². The smallest absolute Gasteiger partial charge is 0.271 e. The van der Waals surface area contributed by atoms with Crippen molar-refractivity contribution in [1.29, 1.82) is 0 Å². The van der Waals surface area contributed by atoms with Gasteiger partial charge in [0.25, 0.3) is 11.5 Å². The van der Waals surface area contributed by atoms with Crippen LogP contribution < -0.4 is 29.8 Å². The molecule has 5 aromatic rings. The van der Waals surface area contributed by atoms with Gasteiger partial charge in [-0.2, -0.15) is 0 Å². The highest BCUT2D eigenvalue weighted by molar-refractivity contribution is 6.06. The van der Waals surface area contributed by atoms with Crippen LogP contribution in [-0.4, -0.2) is 35.8 Å². The first-order chi connectivity index (χ1) is 19.9. The van der Waals surface area contributed by atoms with E-state index in [1.54, 1.807) is 18.2 Å². The van der Waals surface area contributed by atoms with Gasteiger partial charge in [-0.1, -0.05) is 0 Å². The zero-order valence-corrected chi connectivity index (χ0v) is 21.5. The predicted octanol–water partition coefficient (Wildman–Crippen LogP) is 5.49. The number of anilines is 1. The summed E-state index contributed by atoms with van der Waals surface area (Å²) in [4.78, 5) is 30.7. The standard InChI is InChI=1S/C30H21F2N3O6/c1-38-23-11-13-35(19-5-2-17(31)3-6-19)30(37)27(23)29(36)34-18-4-8-22(20(32)16-18)41-24-10-12-33-21-7-9-25-28(26(21)24)40-15-14-39-25/h2-13,16H,14-15H2,1H3,(H,34,36). The normalized spacial score (nSPS) is 12.2. The van der Waals surface area contributed by atoms with Crippen LogP contribution in [0.3, 0.4) is 0 Å². The lowest BCUT2D eigenvalue weighted by atomic mass is 10.1. The number of carbonyl (C=O) groups is 1. The molecule has 0 fully saturated rings. The Morgan fingerprint density at radius 2 is 1.76 bits per heavy atom. The Bertz CT molecular complexity index is 1860. The van der Waals surface area contributed by atoms with E-state index in [9.17, 15) is 14.0 Å². The largest absolute Gasteiger partial charge is 0.496 e. The van der Waals surface area contributed by atoms with Crippen molar-refractivity contribution in [3.63, 3.8) is 0 Å². The van der Waals surface area contributed by atoms with Crippen molar-refractivity contribution in [2.75, 3.05) is 25.6 Å². The number of pyridine rings is 2. The minimum Gasteiger partial charge on any atom is -0.496 e. The number of halogens is 2. The van der Waals surface area contributed by atoms with Gasteiger partial charge in [-0.05, 0) is 60.7 Å². The van der Waals surface area contributed by atoms with Crippen LogP contribution in [0.25, 0.3) is 16.6 Å². The summed E-state index contributed by atoms with van der Waals surface area (Å²) in [5.74, 6) is -0.839. The van der Waals surface area contributed by atoms with E-state index < -0.39 is 23.1 Å². The van der Waals surface area contributed by atoms with E-state index in [1.807, 2.05) is 0 Å². The monoisotopic (exact) mass is 557 g/mol. The SMILES string of the molecule is COc1ccn(-c2ccc(F)cc2)c(=O)c1C(=O)Nc1ccc(Oc2ccnc3ccc4c(c23)OCCO4)c(F)c1. The number of carbonyl (C=O) groups excluding carboxylic acids is 1. The summed E-state index contributed by atoms with van der Waals surface area (Å²) >= 11 is 0. The van der Waals surface area contributed by atoms with Gasteiger partial charge in [0.2, 0.25) is 0 Å². The molecule has 0 saturated heterocycles. The van der Waals surface area contributed by atoms with E-state index in [2.05, 4.69) is 10.3 Å². The maximum Gasteiger partial charge on any atom is 0.271 e. The quantitative estimate of drug-likeness (QED) is 0.295. The summed E-state index contributed by atoms with van der Waals surface area (Å²) in [6, 6.07) is 15.6. The molecule has 41 heavy (non-hydrogen) atoms. The molecule has 1 N–H and O–H groups in total. The topological polar surface area (TPSA) is 101 Å². The highest BCUT2D eigenvalue weighted by Crippen LogP contribution is 2.43. The molecular weight excluding hydrogens is 536 g/mol. The lowest BCUT2D eigenvalue weighted by Gasteiger charge is -2.21. The Labute approximate surface area is 231 Å². The van der Waals surface area contributed by atoms with Crippen LogP contribution in [0, 0.1) is 11.6 Å². The predicted molar refractivity (Wildman–Crippen MR) is 146 cm³/mol. The van der Waals surface area contributed by atoms with Gasteiger partial charge in [-0.25, -0.2) is 8.78 Å².